The Morgan fingerprint density at radius 3 is 3.06 bits per heavy atom. The first-order valence-corrected chi connectivity index (χ1v) is 6.33. The average Bonchev–Trinajstić information content (AvgIpc) is 2.84. The van der Waals surface area contributed by atoms with Crippen molar-refractivity contribution in [2.45, 2.75) is 17.6 Å². The first-order chi connectivity index (χ1) is 8.69. The van der Waals surface area contributed by atoms with Crippen molar-refractivity contribution in [2.75, 3.05) is 0 Å². The molecule has 1 aromatic carbocycles. The Kier molecular flexibility index (Phi) is 4.01. The highest BCUT2D eigenvalue weighted by Crippen LogP contribution is 2.23. The molecular formula is C12H13N3O2S. The molecule has 1 heterocycles. The summed E-state index contributed by atoms with van der Waals surface area (Å²) in [5, 5.41) is 3.64. The Morgan fingerprint density at radius 1 is 1.50 bits per heavy atom. The van der Waals surface area contributed by atoms with Gasteiger partial charge < -0.3 is 4.52 Å². The summed E-state index contributed by atoms with van der Waals surface area (Å²) in [4.78, 5) is 12.3. The molecule has 0 saturated heterocycles. The number of hydrazine groups is 1. The molecule has 6 heteroatoms. The summed E-state index contributed by atoms with van der Waals surface area (Å²) in [6.45, 7) is 2.04. The maximum absolute atomic E-state index is 11.2. The largest absolute Gasteiger partial charge is 0.360 e. The van der Waals surface area contributed by atoms with Gasteiger partial charge in [0.15, 0.2) is 5.69 Å². The molecule has 5 nitrogen and oxygen atoms in total. The Balaban J connectivity index is 1.98. The van der Waals surface area contributed by atoms with E-state index in [2.05, 4.69) is 11.2 Å². The van der Waals surface area contributed by atoms with Crippen LogP contribution in [0.1, 0.15) is 21.8 Å². The second kappa shape index (κ2) is 5.70. The molecular weight excluding hydrogens is 250 g/mol. The summed E-state index contributed by atoms with van der Waals surface area (Å²) < 4.78 is 5.05. The Hall–Kier alpha value is -1.79. The summed E-state index contributed by atoms with van der Waals surface area (Å²) >= 11 is 1.62. The van der Waals surface area contributed by atoms with Crippen LogP contribution < -0.4 is 11.3 Å². The minimum Gasteiger partial charge on any atom is -0.360 e. The van der Waals surface area contributed by atoms with Crippen LogP contribution in [0.3, 0.4) is 0 Å². The van der Waals surface area contributed by atoms with Crippen molar-refractivity contribution in [2.24, 2.45) is 5.84 Å². The van der Waals surface area contributed by atoms with E-state index >= 15 is 0 Å². The fourth-order valence-corrected chi connectivity index (χ4v) is 2.31. The van der Waals surface area contributed by atoms with Crippen molar-refractivity contribution < 1.29 is 9.32 Å². The van der Waals surface area contributed by atoms with Gasteiger partial charge in [-0.25, -0.2) is 5.84 Å². The van der Waals surface area contributed by atoms with E-state index in [4.69, 9.17) is 10.4 Å². The summed E-state index contributed by atoms with van der Waals surface area (Å²) in [5.74, 6) is 5.81. The molecule has 3 N–H and O–H groups in total. The van der Waals surface area contributed by atoms with Gasteiger partial charge in [0.05, 0.1) is 5.75 Å². The highest BCUT2D eigenvalue weighted by atomic mass is 32.2. The number of aromatic nitrogens is 1. The van der Waals surface area contributed by atoms with Gasteiger partial charge in [0.25, 0.3) is 5.91 Å². The Labute approximate surface area is 109 Å². The van der Waals surface area contributed by atoms with Gasteiger partial charge in [0.2, 0.25) is 0 Å². The van der Waals surface area contributed by atoms with Crippen LogP contribution in [0.5, 0.6) is 0 Å². The number of carbonyl (C=O) groups excluding carboxylic acids is 1. The first-order valence-electron chi connectivity index (χ1n) is 5.35. The van der Waals surface area contributed by atoms with Crippen molar-refractivity contribution in [3.63, 3.8) is 0 Å². The number of hydrogen-bond acceptors (Lipinski definition) is 5. The van der Waals surface area contributed by atoms with Crippen molar-refractivity contribution in [1.82, 2.24) is 10.6 Å². The van der Waals surface area contributed by atoms with E-state index in [1.807, 2.05) is 30.5 Å². The summed E-state index contributed by atoms with van der Waals surface area (Å²) in [6, 6.07) is 9.76. The van der Waals surface area contributed by atoms with Crippen LogP contribution in [0.25, 0.3) is 0 Å². The van der Waals surface area contributed by atoms with E-state index in [9.17, 15) is 4.79 Å². The molecule has 0 radical (unpaired) electrons. The third kappa shape index (κ3) is 3.12. The van der Waals surface area contributed by atoms with E-state index in [1.165, 1.54) is 5.56 Å². The number of hydrogen-bond donors (Lipinski definition) is 2. The van der Waals surface area contributed by atoms with E-state index in [0.29, 0.717) is 11.5 Å². The van der Waals surface area contributed by atoms with Gasteiger partial charge in [-0.05, 0) is 19.1 Å². The highest BCUT2D eigenvalue weighted by Gasteiger charge is 2.11. The molecule has 0 aliphatic heterocycles. The Morgan fingerprint density at radius 2 is 2.33 bits per heavy atom. The molecule has 2 aromatic rings. The predicted octanol–water partition coefficient (Wildman–Crippen LogP) is 1.88. The van der Waals surface area contributed by atoms with Gasteiger partial charge in [-0.1, -0.05) is 22.9 Å². The minimum absolute atomic E-state index is 0.192. The van der Waals surface area contributed by atoms with Crippen LogP contribution >= 0.6 is 11.8 Å². The molecule has 94 valence electrons. The second-order valence-corrected chi connectivity index (χ2v) is 4.81. The van der Waals surface area contributed by atoms with Crippen LogP contribution in [0.4, 0.5) is 0 Å². The van der Waals surface area contributed by atoms with Gasteiger partial charge in [-0.2, -0.15) is 0 Å². The summed E-state index contributed by atoms with van der Waals surface area (Å²) in [7, 11) is 0. The highest BCUT2D eigenvalue weighted by molar-refractivity contribution is 7.98. The molecule has 0 fully saturated rings. The minimum atomic E-state index is -0.453. The topological polar surface area (TPSA) is 81.2 Å². The number of thioether (sulfide) groups is 1. The third-order valence-electron chi connectivity index (χ3n) is 2.29. The predicted molar refractivity (Wildman–Crippen MR) is 68.9 cm³/mol. The molecule has 0 unspecified atom stereocenters. The lowest BCUT2D eigenvalue weighted by Gasteiger charge is -1.99. The van der Waals surface area contributed by atoms with Crippen molar-refractivity contribution >= 4 is 17.7 Å². The number of nitrogen functional groups attached to an aromatic ring is 1. The molecule has 2 rings (SSSR count). The zero-order chi connectivity index (χ0) is 13.0. The number of aryl methyl sites for hydroxylation is 1. The zero-order valence-corrected chi connectivity index (χ0v) is 10.7. The SMILES string of the molecule is Cc1cccc(SCc2cc(C(=O)NN)no2)c1. The molecule has 0 spiro atoms. The van der Waals surface area contributed by atoms with E-state index in [-0.39, 0.29) is 5.69 Å². The molecule has 18 heavy (non-hydrogen) atoms. The molecule has 0 bridgehead atoms. The molecule has 1 aromatic heterocycles. The maximum Gasteiger partial charge on any atom is 0.287 e. The molecule has 0 aliphatic carbocycles. The van der Waals surface area contributed by atoms with Crippen LogP contribution in [-0.4, -0.2) is 11.1 Å². The van der Waals surface area contributed by atoms with Crippen molar-refractivity contribution in [3.05, 3.63) is 47.3 Å². The van der Waals surface area contributed by atoms with Gasteiger partial charge >= 0.3 is 0 Å². The molecule has 0 aliphatic rings. The Bertz CT molecular complexity index is 554. The quantitative estimate of drug-likeness (QED) is 0.381. The van der Waals surface area contributed by atoms with Crippen LogP contribution in [0.15, 0.2) is 39.8 Å². The standard InChI is InChI=1S/C12H13N3O2S/c1-8-3-2-4-10(5-8)18-7-9-6-11(15-17-9)12(16)14-13/h2-6H,7,13H2,1H3,(H,14,16). The van der Waals surface area contributed by atoms with Crippen molar-refractivity contribution in [3.8, 4) is 0 Å². The maximum atomic E-state index is 11.2. The lowest BCUT2D eigenvalue weighted by molar-refractivity contribution is 0.0944. The van der Waals surface area contributed by atoms with Crippen LogP contribution in [0.2, 0.25) is 0 Å². The van der Waals surface area contributed by atoms with Crippen LogP contribution in [0, 0.1) is 6.92 Å². The number of benzene rings is 1. The summed E-state index contributed by atoms with van der Waals surface area (Å²) in [5.41, 5.74) is 3.41. The first kappa shape index (κ1) is 12.7. The normalized spacial score (nSPS) is 10.3. The molecule has 1 amide bonds. The smallest absolute Gasteiger partial charge is 0.287 e. The molecule has 0 atom stereocenters. The lowest BCUT2D eigenvalue weighted by Crippen LogP contribution is -2.30. The fourth-order valence-electron chi connectivity index (χ4n) is 1.42. The second-order valence-electron chi connectivity index (χ2n) is 3.76. The lowest BCUT2D eigenvalue weighted by atomic mass is 10.2. The number of amides is 1. The monoisotopic (exact) mass is 263 g/mol. The zero-order valence-electron chi connectivity index (χ0n) is 9.84. The van der Waals surface area contributed by atoms with Crippen LogP contribution in [-0.2, 0) is 5.75 Å². The van der Waals surface area contributed by atoms with E-state index in [0.717, 1.165) is 4.90 Å². The van der Waals surface area contributed by atoms with Gasteiger partial charge in [-0.3, -0.25) is 10.2 Å². The number of carbonyl (C=O) groups is 1. The third-order valence-corrected chi connectivity index (χ3v) is 3.31. The number of nitrogens with one attached hydrogen (secondary N) is 1. The summed E-state index contributed by atoms with van der Waals surface area (Å²) in [6.07, 6.45) is 0. The average molecular weight is 263 g/mol. The number of nitrogens with zero attached hydrogens (tertiary/aromatic N) is 1. The fraction of sp³-hybridized carbons (Fsp3) is 0.167. The van der Waals surface area contributed by atoms with Gasteiger partial charge in [0.1, 0.15) is 5.76 Å². The van der Waals surface area contributed by atoms with Gasteiger partial charge in [0, 0.05) is 11.0 Å². The molecule has 0 saturated carbocycles. The number of nitrogens with two attached hydrogens (primary N) is 1. The van der Waals surface area contributed by atoms with E-state index in [1.54, 1.807) is 17.8 Å². The van der Waals surface area contributed by atoms with Gasteiger partial charge in [-0.15, -0.1) is 11.8 Å². The van der Waals surface area contributed by atoms with Crippen molar-refractivity contribution in [1.29, 1.82) is 0 Å². The van der Waals surface area contributed by atoms with E-state index < -0.39 is 5.91 Å². The number of rotatable bonds is 4.